The van der Waals surface area contributed by atoms with E-state index < -0.39 is 6.08 Å². The van der Waals surface area contributed by atoms with Crippen LogP contribution in [0.2, 0.25) is 0 Å². The molecule has 0 saturated carbocycles. The second-order valence-corrected chi connectivity index (χ2v) is 2.23. The van der Waals surface area contributed by atoms with Crippen molar-refractivity contribution in [1.82, 2.24) is 0 Å². The van der Waals surface area contributed by atoms with Crippen LogP contribution in [0.1, 0.15) is 12.5 Å². The molecule has 1 aromatic rings. The first-order valence-corrected chi connectivity index (χ1v) is 3.65. The molecule has 0 unspecified atom stereocenters. The standard InChI is InChI=1S/C7H8.C3H4F2/c1-7-5-3-2-4-6-7;1-2-3(4)5/h2-6H,1H3;2H,1H3. The van der Waals surface area contributed by atoms with Gasteiger partial charge in [-0.05, 0) is 19.9 Å². The maximum Gasteiger partial charge on any atom is 0.266 e. The molecule has 0 nitrogen and oxygen atoms in total. The van der Waals surface area contributed by atoms with Gasteiger partial charge in [0.15, 0.2) is 0 Å². The van der Waals surface area contributed by atoms with Crippen LogP contribution in [0.3, 0.4) is 0 Å². The lowest BCUT2D eigenvalue weighted by molar-refractivity contribution is 0.420. The van der Waals surface area contributed by atoms with Gasteiger partial charge in [0.05, 0.1) is 0 Å². The second kappa shape index (κ2) is 6.53. The number of benzene rings is 1. The van der Waals surface area contributed by atoms with Gasteiger partial charge in [-0.3, -0.25) is 0 Å². The predicted molar refractivity (Wildman–Crippen MR) is 47.2 cm³/mol. The molecule has 0 aliphatic heterocycles. The lowest BCUT2D eigenvalue weighted by Crippen LogP contribution is -1.62. The van der Waals surface area contributed by atoms with E-state index in [-0.39, 0.29) is 0 Å². The zero-order valence-electron chi connectivity index (χ0n) is 7.22. The predicted octanol–water partition coefficient (Wildman–Crippen LogP) is 3.78. The molecule has 66 valence electrons. The van der Waals surface area contributed by atoms with E-state index in [1.165, 1.54) is 12.5 Å². The SMILES string of the molecule is CC=C(F)F.Cc1ccccc1. The molecular weight excluding hydrogens is 158 g/mol. The Balaban J connectivity index is 0.000000217. The van der Waals surface area contributed by atoms with Crippen LogP contribution >= 0.6 is 0 Å². The van der Waals surface area contributed by atoms with Gasteiger partial charge in [0, 0.05) is 0 Å². The van der Waals surface area contributed by atoms with E-state index in [2.05, 4.69) is 19.1 Å². The van der Waals surface area contributed by atoms with Crippen molar-refractivity contribution in [2.75, 3.05) is 0 Å². The number of hydrogen-bond acceptors (Lipinski definition) is 0. The van der Waals surface area contributed by atoms with Gasteiger partial charge in [-0.1, -0.05) is 35.9 Å². The number of allylic oxidation sites excluding steroid dienone is 1. The zero-order valence-corrected chi connectivity index (χ0v) is 7.22. The molecule has 0 bridgehead atoms. The highest BCUT2D eigenvalue weighted by atomic mass is 19.3. The molecule has 0 aliphatic rings. The van der Waals surface area contributed by atoms with E-state index in [0.29, 0.717) is 0 Å². The van der Waals surface area contributed by atoms with Crippen LogP contribution in [0.4, 0.5) is 8.78 Å². The summed E-state index contributed by atoms with van der Waals surface area (Å²) in [5.74, 6) is 0. The average Bonchev–Trinajstić information content (AvgIpc) is 2.07. The number of rotatable bonds is 0. The van der Waals surface area contributed by atoms with Crippen molar-refractivity contribution >= 4 is 0 Å². The quantitative estimate of drug-likeness (QED) is 0.555. The minimum Gasteiger partial charge on any atom is -0.174 e. The van der Waals surface area contributed by atoms with Crippen LogP contribution < -0.4 is 0 Å². The first-order valence-electron chi connectivity index (χ1n) is 3.65. The van der Waals surface area contributed by atoms with Crippen LogP contribution in [0.25, 0.3) is 0 Å². The maximum absolute atomic E-state index is 10.6. The van der Waals surface area contributed by atoms with Gasteiger partial charge in [-0.15, -0.1) is 0 Å². The van der Waals surface area contributed by atoms with Crippen LogP contribution in [0, 0.1) is 6.92 Å². The van der Waals surface area contributed by atoms with Crippen molar-refractivity contribution in [2.45, 2.75) is 13.8 Å². The highest BCUT2D eigenvalue weighted by molar-refractivity contribution is 5.11. The van der Waals surface area contributed by atoms with Crippen LogP contribution in [-0.2, 0) is 0 Å². The third kappa shape index (κ3) is 6.93. The highest BCUT2D eigenvalue weighted by Gasteiger charge is 1.74. The normalized spacial score (nSPS) is 8.00. The molecule has 0 atom stereocenters. The Morgan fingerprint density at radius 3 is 1.75 bits per heavy atom. The molecule has 2 heteroatoms. The molecule has 0 aliphatic carbocycles. The molecule has 1 aromatic carbocycles. The molecular formula is C10H12F2. The minimum absolute atomic E-state index is 0.750. The van der Waals surface area contributed by atoms with Crippen LogP contribution in [0.5, 0.6) is 0 Å². The van der Waals surface area contributed by atoms with Gasteiger partial charge in [0.2, 0.25) is 0 Å². The summed E-state index contributed by atoms with van der Waals surface area (Å²) in [6, 6.07) is 10.3. The zero-order chi connectivity index (χ0) is 9.40. The van der Waals surface area contributed by atoms with E-state index >= 15 is 0 Å². The summed E-state index contributed by atoms with van der Waals surface area (Å²) in [5.41, 5.74) is 1.32. The lowest BCUT2D eigenvalue weighted by atomic mass is 10.2. The molecule has 0 saturated heterocycles. The van der Waals surface area contributed by atoms with Crippen molar-refractivity contribution in [1.29, 1.82) is 0 Å². The Labute approximate surface area is 71.5 Å². The van der Waals surface area contributed by atoms with Crippen molar-refractivity contribution in [3.05, 3.63) is 48.1 Å². The Bertz CT molecular complexity index is 223. The largest absolute Gasteiger partial charge is 0.266 e. The van der Waals surface area contributed by atoms with E-state index in [1.807, 2.05) is 18.2 Å². The summed E-state index contributed by atoms with van der Waals surface area (Å²) in [5, 5.41) is 0. The van der Waals surface area contributed by atoms with Crippen LogP contribution in [-0.4, -0.2) is 0 Å². The minimum atomic E-state index is -1.62. The summed E-state index contributed by atoms with van der Waals surface area (Å²) >= 11 is 0. The Hall–Kier alpha value is -1.18. The van der Waals surface area contributed by atoms with Gasteiger partial charge in [0.1, 0.15) is 0 Å². The summed E-state index contributed by atoms with van der Waals surface area (Å²) in [6.45, 7) is 3.37. The van der Waals surface area contributed by atoms with E-state index in [4.69, 9.17) is 0 Å². The Morgan fingerprint density at radius 1 is 1.17 bits per heavy atom. The number of hydrogen-bond donors (Lipinski definition) is 0. The fraction of sp³-hybridized carbons (Fsp3) is 0.200. The third-order valence-corrected chi connectivity index (χ3v) is 1.16. The first kappa shape index (κ1) is 10.8. The van der Waals surface area contributed by atoms with Crippen molar-refractivity contribution in [3.63, 3.8) is 0 Å². The van der Waals surface area contributed by atoms with E-state index in [1.54, 1.807) is 0 Å². The second-order valence-electron chi connectivity index (χ2n) is 2.23. The number of halogens is 2. The van der Waals surface area contributed by atoms with Gasteiger partial charge < -0.3 is 0 Å². The number of aryl methyl sites for hydroxylation is 1. The molecule has 0 aromatic heterocycles. The van der Waals surface area contributed by atoms with Gasteiger partial charge >= 0.3 is 0 Å². The fourth-order valence-electron chi connectivity index (χ4n) is 0.534. The maximum atomic E-state index is 10.6. The lowest BCUT2D eigenvalue weighted by Gasteiger charge is -1.82. The molecule has 1 rings (SSSR count). The molecule has 0 heterocycles. The van der Waals surface area contributed by atoms with E-state index in [9.17, 15) is 8.78 Å². The molecule has 0 spiro atoms. The summed E-state index contributed by atoms with van der Waals surface area (Å²) in [6.07, 6.45) is -0.870. The molecule has 0 fully saturated rings. The van der Waals surface area contributed by atoms with Gasteiger partial charge in [0.25, 0.3) is 6.08 Å². The van der Waals surface area contributed by atoms with Crippen molar-refractivity contribution in [2.24, 2.45) is 0 Å². The monoisotopic (exact) mass is 170 g/mol. The van der Waals surface area contributed by atoms with Crippen LogP contribution in [0.15, 0.2) is 42.5 Å². The topological polar surface area (TPSA) is 0 Å². The third-order valence-electron chi connectivity index (χ3n) is 1.16. The Morgan fingerprint density at radius 2 is 1.58 bits per heavy atom. The molecule has 0 N–H and O–H groups in total. The average molecular weight is 170 g/mol. The smallest absolute Gasteiger partial charge is 0.174 e. The van der Waals surface area contributed by atoms with Gasteiger partial charge in [-0.2, -0.15) is 8.78 Å². The molecule has 0 amide bonds. The molecule has 0 radical (unpaired) electrons. The van der Waals surface area contributed by atoms with E-state index in [0.717, 1.165) is 6.08 Å². The van der Waals surface area contributed by atoms with Crippen molar-refractivity contribution < 1.29 is 8.78 Å². The summed E-state index contributed by atoms with van der Waals surface area (Å²) < 4.78 is 21.2. The fourth-order valence-corrected chi connectivity index (χ4v) is 0.534. The highest BCUT2D eigenvalue weighted by Crippen LogP contribution is 1.92. The van der Waals surface area contributed by atoms with Crippen molar-refractivity contribution in [3.8, 4) is 0 Å². The van der Waals surface area contributed by atoms with Gasteiger partial charge in [-0.25, -0.2) is 0 Å². The molecule has 12 heavy (non-hydrogen) atoms. The first-order chi connectivity index (χ1) is 5.66. The summed E-state index contributed by atoms with van der Waals surface area (Å²) in [7, 11) is 0. The Kier molecular flexibility index (Phi) is 5.88. The summed E-state index contributed by atoms with van der Waals surface area (Å²) in [4.78, 5) is 0.